The maximum absolute atomic E-state index is 11.8. The van der Waals surface area contributed by atoms with Crippen LogP contribution in [-0.2, 0) is 4.79 Å². The lowest BCUT2D eigenvalue weighted by Gasteiger charge is -2.09. The molecule has 0 aromatic heterocycles. The van der Waals surface area contributed by atoms with E-state index >= 15 is 0 Å². The molecule has 1 rings (SSSR count). The average molecular weight is 153 g/mol. The van der Waals surface area contributed by atoms with Gasteiger partial charge in [0.05, 0.1) is 0 Å². The van der Waals surface area contributed by atoms with Gasteiger partial charge in [-0.1, -0.05) is 0 Å². The van der Waals surface area contributed by atoms with Crippen LogP contribution in [0, 0.1) is 5.92 Å². The second-order valence-electron chi connectivity index (χ2n) is 2.17. The number of nitrogens with one attached hydrogen (secondary N) is 1. The standard InChI is InChI=1S/C5H6F3NO/c6-5(7,8)3-1-2-9-4(3)10/h3H,1-2H2,(H,9,10)/t3-/m0/s1. The molecule has 0 bridgehead atoms. The summed E-state index contributed by atoms with van der Waals surface area (Å²) in [6.45, 7) is 0.142. The van der Waals surface area contributed by atoms with Crippen molar-refractivity contribution in [3.05, 3.63) is 0 Å². The van der Waals surface area contributed by atoms with Gasteiger partial charge in [0, 0.05) is 6.54 Å². The molecule has 1 aliphatic rings. The van der Waals surface area contributed by atoms with Crippen molar-refractivity contribution in [1.29, 1.82) is 0 Å². The van der Waals surface area contributed by atoms with Crippen LogP contribution in [0.4, 0.5) is 13.2 Å². The molecule has 0 saturated carbocycles. The molecule has 10 heavy (non-hydrogen) atoms. The van der Waals surface area contributed by atoms with E-state index in [1.807, 2.05) is 0 Å². The smallest absolute Gasteiger partial charge is 0.356 e. The normalized spacial score (nSPS) is 26.7. The van der Waals surface area contributed by atoms with Gasteiger partial charge in [-0.2, -0.15) is 13.2 Å². The number of hydrogen-bond acceptors (Lipinski definition) is 1. The van der Waals surface area contributed by atoms with E-state index in [1.54, 1.807) is 0 Å². The SMILES string of the molecule is O=C1NCC[C@@H]1C(F)(F)F. The van der Waals surface area contributed by atoms with Crippen LogP contribution >= 0.6 is 0 Å². The third-order valence-electron chi connectivity index (χ3n) is 1.44. The van der Waals surface area contributed by atoms with Gasteiger partial charge in [-0.15, -0.1) is 0 Å². The summed E-state index contributed by atoms with van der Waals surface area (Å²) in [4.78, 5) is 10.4. The van der Waals surface area contributed by atoms with Crippen molar-refractivity contribution in [3.8, 4) is 0 Å². The molecule has 0 aromatic carbocycles. The first kappa shape index (κ1) is 7.37. The summed E-state index contributed by atoms with van der Waals surface area (Å²) in [5, 5.41) is 2.12. The highest BCUT2D eigenvalue weighted by Gasteiger charge is 2.46. The quantitative estimate of drug-likeness (QED) is 0.544. The molecule has 58 valence electrons. The average Bonchev–Trinajstić information content (AvgIpc) is 2.11. The Bertz CT molecular complexity index is 153. The highest BCUT2D eigenvalue weighted by atomic mass is 19.4. The summed E-state index contributed by atoms with van der Waals surface area (Å²) < 4.78 is 35.3. The van der Waals surface area contributed by atoms with Crippen LogP contribution in [-0.4, -0.2) is 18.6 Å². The summed E-state index contributed by atoms with van der Waals surface area (Å²) in [5.41, 5.74) is 0. The summed E-state index contributed by atoms with van der Waals surface area (Å²) >= 11 is 0. The minimum absolute atomic E-state index is 0.123. The summed E-state index contributed by atoms with van der Waals surface area (Å²) in [6.07, 6.45) is -4.48. The number of amides is 1. The summed E-state index contributed by atoms with van der Waals surface area (Å²) in [7, 11) is 0. The third kappa shape index (κ3) is 1.22. The molecule has 1 amide bonds. The number of halogens is 3. The number of carbonyl (C=O) groups excluding carboxylic acids is 1. The lowest BCUT2D eigenvalue weighted by molar-refractivity contribution is -0.177. The predicted octanol–water partition coefficient (Wildman–Crippen LogP) is 0.685. The highest BCUT2D eigenvalue weighted by Crippen LogP contribution is 2.30. The molecule has 0 unspecified atom stereocenters. The Balaban J connectivity index is 2.64. The first-order chi connectivity index (χ1) is 4.52. The lowest BCUT2D eigenvalue weighted by atomic mass is 10.1. The fourth-order valence-corrected chi connectivity index (χ4v) is 0.906. The lowest BCUT2D eigenvalue weighted by Crippen LogP contribution is -2.30. The van der Waals surface area contributed by atoms with Gasteiger partial charge in [-0.3, -0.25) is 4.79 Å². The summed E-state index contributed by atoms with van der Waals surface area (Å²) in [5.74, 6) is -2.67. The molecule has 5 heteroatoms. The van der Waals surface area contributed by atoms with Crippen molar-refractivity contribution in [3.63, 3.8) is 0 Å². The van der Waals surface area contributed by atoms with Gasteiger partial charge in [0.2, 0.25) is 5.91 Å². The van der Waals surface area contributed by atoms with Crippen molar-refractivity contribution < 1.29 is 18.0 Å². The number of alkyl halides is 3. The van der Waals surface area contributed by atoms with E-state index < -0.39 is 18.0 Å². The van der Waals surface area contributed by atoms with E-state index in [2.05, 4.69) is 5.32 Å². The minimum Gasteiger partial charge on any atom is -0.356 e. The van der Waals surface area contributed by atoms with Crippen LogP contribution in [0.2, 0.25) is 0 Å². The number of carbonyl (C=O) groups is 1. The van der Waals surface area contributed by atoms with Gasteiger partial charge in [0.15, 0.2) is 0 Å². The molecular weight excluding hydrogens is 147 g/mol. The highest BCUT2D eigenvalue weighted by molar-refractivity contribution is 5.81. The Labute approximate surface area is 55.4 Å². The Hall–Kier alpha value is -0.740. The van der Waals surface area contributed by atoms with E-state index in [-0.39, 0.29) is 13.0 Å². The molecule has 0 aromatic rings. The fourth-order valence-electron chi connectivity index (χ4n) is 0.906. The zero-order valence-electron chi connectivity index (χ0n) is 5.03. The van der Waals surface area contributed by atoms with Crippen molar-refractivity contribution in [2.75, 3.05) is 6.54 Å². The van der Waals surface area contributed by atoms with Crippen LogP contribution in [0.3, 0.4) is 0 Å². The largest absolute Gasteiger partial charge is 0.400 e. The molecule has 1 aliphatic heterocycles. The molecule has 1 saturated heterocycles. The Kier molecular flexibility index (Phi) is 1.58. The van der Waals surface area contributed by atoms with E-state index in [0.717, 1.165) is 0 Å². The van der Waals surface area contributed by atoms with Crippen LogP contribution < -0.4 is 5.32 Å². The fraction of sp³-hybridized carbons (Fsp3) is 0.800. The second-order valence-corrected chi connectivity index (χ2v) is 2.17. The monoisotopic (exact) mass is 153 g/mol. The topological polar surface area (TPSA) is 29.1 Å². The summed E-state index contributed by atoms with van der Waals surface area (Å²) in [6, 6.07) is 0. The Morgan fingerprint density at radius 2 is 2.10 bits per heavy atom. The van der Waals surface area contributed by atoms with Gasteiger partial charge in [-0.05, 0) is 6.42 Å². The molecule has 1 atom stereocenters. The first-order valence-electron chi connectivity index (χ1n) is 2.86. The van der Waals surface area contributed by atoms with Crippen molar-refractivity contribution in [1.82, 2.24) is 5.32 Å². The van der Waals surface area contributed by atoms with E-state index in [0.29, 0.717) is 0 Å². The van der Waals surface area contributed by atoms with Gasteiger partial charge in [0.1, 0.15) is 5.92 Å². The Morgan fingerprint density at radius 3 is 2.30 bits per heavy atom. The number of hydrogen-bond donors (Lipinski definition) is 1. The molecule has 0 aliphatic carbocycles. The van der Waals surface area contributed by atoms with Gasteiger partial charge in [-0.25, -0.2) is 0 Å². The third-order valence-corrected chi connectivity index (χ3v) is 1.44. The maximum Gasteiger partial charge on any atom is 0.400 e. The van der Waals surface area contributed by atoms with Crippen molar-refractivity contribution in [2.45, 2.75) is 12.6 Å². The first-order valence-corrected chi connectivity index (χ1v) is 2.86. The van der Waals surface area contributed by atoms with Crippen LogP contribution in [0.1, 0.15) is 6.42 Å². The Morgan fingerprint density at radius 1 is 1.50 bits per heavy atom. The van der Waals surface area contributed by atoms with Crippen molar-refractivity contribution in [2.24, 2.45) is 5.92 Å². The van der Waals surface area contributed by atoms with Crippen LogP contribution in [0.25, 0.3) is 0 Å². The van der Waals surface area contributed by atoms with Gasteiger partial charge < -0.3 is 5.32 Å². The number of rotatable bonds is 0. The van der Waals surface area contributed by atoms with Crippen molar-refractivity contribution >= 4 is 5.91 Å². The van der Waals surface area contributed by atoms with E-state index in [1.165, 1.54) is 0 Å². The molecule has 1 N–H and O–H groups in total. The molecule has 0 radical (unpaired) electrons. The minimum atomic E-state index is -4.36. The molecule has 2 nitrogen and oxygen atoms in total. The zero-order chi connectivity index (χ0) is 7.78. The molecule has 1 heterocycles. The molecule has 1 fully saturated rings. The van der Waals surface area contributed by atoms with Gasteiger partial charge >= 0.3 is 6.18 Å². The van der Waals surface area contributed by atoms with Crippen LogP contribution in [0.5, 0.6) is 0 Å². The maximum atomic E-state index is 11.8. The second kappa shape index (κ2) is 2.14. The molecule has 0 spiro atoms. The van der Waals surface area contributed by atoms with Crippen LogP contribution in [0.15, 0.2) is 0 Å². The van der Waals surface area contributed by atoms with Gasteiger partial charge in [0.25, 0.3) is 0 Å². The van der Waals surface area contributed by atoms with E-state index in [4.69, 9.17) is 0 Å². The van der Waals surface area contributed by atoms with E-state index in [9.17, 15) is 18.0 Å². The zero-order valence-corrected chi connectivity index (χ0v) is 5.03. The predicted molar refractivity (Wildman–Crippen MR) is 27.2 cm³/mol. The molecular formula is C5H6F3NO.